The lowest BCUT2D eigenvalue weighted by atomic mass is 9.97. The molecule has 1 amide bonds. The van der Waals surface area contributed by atoms with Crippen molar-refractivity contribution < 1.29 is 9.18 Å². The fourth-order valence-corrected chi connectivity index (χ4v) is 5.34. The van der Waals surface area contributed by atoms with Crippen molar-refractivity contribution in [3.05, 3.63) is 52.4 Å². The smallest absolute Gasteiger partial charge is 0.230 e. The van der Waals surface area contributed by atoms with Gasteiger partial charge in [-0.05, 0) is 37.3 Å². The molecule has 2 heterocycles. The molecule has 4 nitrogen and oxygen atoms in total. The molecule has 26 heavy (non-hydrogen) atoms. The SMILES string of the molecule is O=C(CSc1ncnc2sc3c(c12)CCCC3)NCc1ccccc1F. The molecular formula is C19H18FN3OS2. The van der Waals surface area contributed by atoms with Crippen molar-refractivity contribution >= 4 is 39.2 Å². The Bertz CT molecular complexity index is 957. The molecule has 0 bridgehead atoms. The second kappa shape index (κ2) is 7.72. The van der Waals surface area contributed by atoms with Gasteiger partial charge < -0.3 is 5.32 Å². The third-order valence-electron chi connectivity index (χ3n) is 4.49. The maximum Gasteiger partial charge on any atom is 0.230 e. The Kier molecular flexibility index (Phi) is 5.17. The molecule has 0 radical (unpaired) electrons. The van der Waals surface area contributed by atoms with Crippen LogP contribution in [0.4, 0.5) is 4.39 Å². The Morgan fingerprint density at radius 1 is 1.23 bits per heavy atom. The Morgan fingerprint density at radius 2 is 2.08 bits per heavy atom. The maximum absolute atomic E-state index is 13.6. The second-order valence-electron chi connectivity index (χ2n) is 6.23. The summed E-state index contributed by atoms with van der Waals surface area (Å²) in [6.07, 6.45) is 6.18. The molecule has 4 rings (SSSR count). The van der Waals surface area contributed by atoms with Gasteiger partial charge in [0.25, 0.3) is 0 Å². The van der Waals surface area contributed by atoms with Gasteiger partial charge in [-0.2, -0.15) is 0 Å². The van der Waals surface area contributed by atoms with E-state index in [1.165, 1.54) is 41.1 Å². The van der Waals surface area contributed by atoms with Gasteiger partial charge in [0.15, 0.2) is 0 Å². The maximum atomic E-state index is 13.6. The fourth-order valence-electron chi connectivity index (χ4n) is 3.19. The van der Waals surface area contributed by atoms with Gasteiger partial charge in [0.05, 0.1) is 5.75 Å². The van der Waals surface area contributed by atoms with E-state index in [1.807, 2.05) is 0 Å². The molecule has 1 aliphatic rings. The Balaban J connectivity index is 1.44. The molecule has 0 spiro atoms. The number of rotatable bonds is 5. The van der Waals surface area contributed by atoms with Crippen LogP contribution in [-0.4, -0.2) is 21.6 Å². The van der Waals surface area contributed by atoms with Gasteiger partial charge in [-0.25, -0.2) is 14.4 Å². The summed E-state index contributed by atoms with van der Waals surface area (Å²) in [5.74, 6) is -0.178. The topological polar surface area (TPSA) is 54.9 Å². The first-order valence-electron chi connectivity index (χ1n) is 8.60. The number of thioether (sulfide) groups is 1. The lowest BCUT2D eigenvalue weighted by molar-refractivity contribution is -0.118. The van der Waals surface area contributed by atoms with Crippen LogP contribution in [0.1, 0.15) is 28.8 Å². The number of amides is 1. The third kappa shape index (κ3) is 3.59. The van der Waals surface area contributed by atoms with Gasteiger partial charge in [-0.3, -0.25) is 4.79 Å². The van der Waals surface area contributed by atoms with E-state index in [9.17, 15) is 9.18 Å². The number of carbonyl (C=O) groups excluding carboxylic acids is 1. The van der Waals surface area contributed by atoms with Crippen LogP contribution < -0.4 is 5.32 Å². The van der Waals surface area contributed by atoms with Crippen LogP contribution in [0.5, 0.6) is 0 Å². The molecule has 0 saturated carbocycles. The van der Waals surface area contributed by atoms with E-state index in [2.05, 4.69) is 15.3 Å². The molecule has 1 aromatic carbocycles. The number of nitrogens with one attached hydrogen (secondary N) is 1. The van der Waals surface area contributed by atoms with Gasteiger partial charge in [0, 0.05) is 22.4 Å². The fraction of sp³-hybridized carbons (Fsp3) is 0.316. The van der Waals surface area contributed by atoms with Gasteiger partial charge in [0.2, 0.25) is 5.91 Å². The number of fused-ring (bicyclic) bond motifs is 3. The van der Waals surface area contributed by atoms with Crippen LogP contribution in [0.3, 0.4) is 0 Å². The zero-order valence-electron chi connectivity index (χ0n) is 14.1. The molecule has 134 valence electrons. The van der Waals surface area contributed by atoms with Crippen LogP contribution >= 0.6 is 23.1 Å². The Morgan fingerprint density at radius 3 is 2.96 bits per heavy atom. The van der Waals surface area contributed by atoms with Gasteiger partial charge in [-0.1, -0.05) is 30.0 Å². The van der Waals surface area contributed by atoms with Crippen LogP contribution in [0.25, 0.3) is 10.2 Å². The summed E-state index contributed by atoms with van der Waals surface area (Å²) < 4.78 is 13.6. The highest BCUT2D eigenvalue weighted by Crippen LogP contribution is 2.39. The monoisotopic (exact) mass is 387 g/mol. The van der Waals surface area contributed by atoms with Crippen molar-refractivity contribution in [2.24, 2.45) is 0 Å². The zero-order valence-corrected chi connectivity index (χ0v) is 15.8. The lowest BCUT2D eigenvalue weighted by Crippen LogP contribution is -2.25. The van der Waals surface area contributed by atoms with Crippen molar-refractivity contribution in [3.63, 3.8) is 0 Å². The number of benzene rings is 1. The first-order chi connectivity index (χ1) is 12.7. The summed E-state index contributed by atoms with van der Waals surface area (Å²) in [5.41, 5.74) is 1.85. The third-order valence-corrected chi connectivity index (χ3v) is 6.68. The number of halogens is 1. The molecule has 2 aromatic heterocycles. The van der Waals surface area contributed by atoms with Crippen molar-refractivity contribution in [2.45, 2.75) is 37.3 Å². The summed E-state index contributed by atoms with van der Waals surface area (Å²) in [6.45, 7) is 0.194. The normalized spacial score (nSPS) is 13.6. The second-order valence-corrected chi connectivity index (χ2v) is 8.27. The predicted molar refractivity (Wildman–Crippen MR) is 103 cm³/mol. The average molecular weight is 388 g/mol. The average Bonchev–Trinajstić information content (AvgIpc) is 3.05. The standard InChI is InChI=1S/C19H18FN3OS2/c20-14-7-3-1-5-12(14)9-21-16(24)10-25-18-17-13-6-2-4-8-15(13)26-19(17)23-11-22-18/h1,3,5,7,11H,2,4,6,8-10H2,(H,21,24). The number of thiophene rings is 1. The molecule has 1 N–H and O–H groups in total. The summed E-state index contributed by atoms with van der Waals surface area (Å²) in [4.78, 5) is 23.4. The van der Waals surface area contributed by atoms with Gasteiger partial charge >= 0.3 is 0 Å². The van der Waals surface area contributed by atoms with E-state index in [-0.39, 0.29) is 24.0 Å². The molecule has 1 aliphatic carbocycles. The minimum absolute atomic E-state index is 0.130. The first kappa shape index (κ1) is 17.4. The van der Waals surface area contributed by atoms with E-state index in [4.69, 9.17) is 0 Å². The first-order valence-corrected chi connectivity index (χ1v) is 10.4. The molecule has 0 aliphatic heterocycles. The largest absolute Gasteiger partial charge is 0.351 e. The van der Waals surface area contributed by atoms with E-state index in [1.54, 1.807) is 35.9 Å². The van der Waals surface area contributed by atoms with Gasteiger partial charge in [-0.15, -0.1) is 11.3 Å². The minimum atomic E-state index is -0.303. The number of hydrogen-bond donors (Lipinski definition) is 1. The van der Waals surface area contributed by atoms with Crippen LogP contribution in [-0.2, 0) is 24.2 Å². The number of nitrogens with zero attached hydrogens (tertiary/aromatic N) is 2. The quantitative estimate of drug-likeness (QED) is 0.529. The summed E-state index contributed by atoms with van der Waals surface area (Å²) >= 11 is 3.18. The lowest BCUT2D eigenvalue weighted by Gasteiger charge is -2.11. The van der Waals surface area contributed by atoms with E-state index < -0.39 is 0 Å². The summed E-state index contributed by atoms with van der Waals surface area (Å²) in [6, 6.07) is 6.47. The van der Waals surface area contributed by atoms with E-state index in [0.717, 1.165) is 28.1 Å². The number of hydrogen-bond acceptors (Lipinski definition) is 5. The number of carbonyl (C=O) groups is 1. The highest BCUT2D eigenvalue weighted by Gasteiger charge is 2.20. The molecule has 0 saturated heterocycles. The highest BCUT2D eigenvalue weighted by molar-refractivity contribution is 8.00. The molecule has 0 fully saturated rings. The molecule has 0 atom stereocenters. The van der Waals surface area contributed by atoms with Crippen LogP contribution in [0.2, 0.25) is 0 Å². The van der Waals surface area contributed by atoms with E-state index >= 15 is 0 Å². The van der Waals surface area contributed by atoms with Crippen molar-refractivity contribution in [2.75, 3.05) is 5.75 Å². The summed E-state index contributed by atoms with van der Waals surface area (Å²) in [7, 11) is 0. The van der Waals surface area contributed by atoms with E-state index in [0.29, 0.717) is 5.56 Å². The number of aryl methyl sites for hydroxylation is 2. The predicted octanol–water partition coefficient (Wildman–Crippen LogP) is 4.12. The van der Waals surface area contributed by atoms with Crippen LogP contribution in [0, 0.1) is 5.82 Å². The zero-order chi connectivity index (χ0) is 17.9. The van der Waals surface area contributed by atoms with Crippen molar-refractivity contribution in [1.29, 1.82) is 0 Å². The molecule has 0 unspecified atom stereocenters. The number of aromatic nitrogens is 2. The molecule has 3 aromatic rings. The highest BCUT2D eigenvalue weighted by atomic mass is 32.2. The van der Waals surface area contributed by atoms with Gasteiger partial charge in [0.1, 0.15) is 22.0 Å². The molecular weight excluding hydrogens is 369 g/mol. The van der Waals surface area contributed by atoms with Crippen molar-refractivity contribution in [1.82, 2.24) is 15.3 Å². The Labute approximate surface area is 159 Å². The summed E-state index contributed by atoms with van der Waals surface area (Å²) in [5, 5.41) is 4.77. The van der Waals surface area contributed by atoms with Crippen LogP contribution in [0.15, 0.2) is 35.6 Å². The Hall–Kier alpha value is -1.99. The minimum Gasteiger partial charge on any atom is -0.351 e. The molecule has 7 heteroatoms. The van der Waals surface area contributed by atoms with Crippen molar-refractivity contribution in [3.8, 4) is 0 Å².